The molecule has 0 radical (unpaired) electrons. The molecule has 0 spiro atoms. The Kier molecular flexibility index (Phi) is 3.76. The fourth-order valence-corrected chi connectivity index (χ4v) is 3.13. The van der Waals surface area contributed by atoms with Crippen LogP contribution in [0.25, 0.3) is 0 Å². The SMILES string of the molecule is CCOc1cc(NC2C(N)C3CCCOC32)nc(C)n1. The Morgan fingerprint density at radius 1 is 1.50 bits per heavy atom. The van der Waals surface area contributed by atoms with Crippen LogP contribution in [0.5, 0.6) is 5.88 Å². The first-order chi connectivity index (χ1) is 9.69. The summed E-state index contributed by atoms with van der Waals surface area (Å²) in [5, 5.41) is 3.39. The highest BCUT2D eigenvalue weighted by Gasteiger charge is 2.50. The molecule has 20 heavy (non-hydrogen) atoms. The molecule has 1 aliphatic carbocycles. The Balaban J connectivity index is 1.71. The molecule has 1 saturated heterocycles. The van der Waals surface area contributed by atoms with Gasteiger partial charge in [-0.2, -0.15) is 4.98 Å². The highest BCUT2D eigenvalue weighted by atomic mass is 16.5. The minimum atomic E-state index is 0.129. The molecule has 1 aliphatic heterocycles. The molecule has 0 aromatic carbocycles. The van der Waals surface area contributed by atoms with E-state index in [0.29, 0.717) is 24.2 Å². The summed E-state index contributed by atoms with van der Waals surface area (Å²) in [5.74, 6) is 2.52. The van der Waals surface area contributed by atoms with E-state index in [-0.39, 0.29) is 18.2 Å². The summed E-state index contributed by atoms with van der Waals surface area (Å²) in [6, 6.07) is 2.08. The van der Waals surface area contributed by atoms with E-state index in [1.807, 2.05) is 19.9 Å². The molecule has 110 valence electrons. The van der Waals surface area contributed by atoms with Crippen molar-refractivity contribution >= 4 is 5.82 Å². The van der Waals surface area contributed by atoms with Gasteiger partial charge in [0.05, 0.1) is 18.8 Å². The first kappa shape index (κ1) is 13.6. The number of nitrogens with two attached hydrogens (primary N) is 1. The van der Waals surface area contributed by atoms with E-state index >= 15 is 0 Å². The van der Waals surface area contributed by atoms with Crippen molar-refractivity contribution in [1.82, 2.24) is 9.97 Å². The monoisotopic (exact) mass is 278 g/mol. The summed E-state index contributed by atoms with van der Waals surface area (Å²) in [6.07, 6.45) is 2.49. The number of hydrogen-bond donors (Lipinski definition) is 2. The van der Waals surface area contributed by atoms with Gasteiger partial charge in [-0.1, -0.05) is 0 Å². The van der Waals surface area contributed by atoms with E-state index < -0.39 is 0 Å². The van der Waals surface area contributed by atoms with Crippen molar-refractivity contribution in [3.63, 3.8) is 0 Å². The summed E-state index contributed by atoms with van der Waals surface area (Å²) in [4.78, 5) is 8.64. The van der Waals surface area contributed by atoms with E-state index in [9.17, 15) is 0 Å². The summed E-state index contributed by atoms with van der Waals surface area (Å²) in [5.41, 5.74) is 6.24. The number of hydrogen-bond acceptors (Lipinski definition) is 6. The maximum atomic E-state index is 6.24. The summed E-state index contributed by atoms with van der Waals surface area (Å²) < 4.78 is 11.3. The Morgan fingerprint density at radius 3 is 3.15 bits per heavy atom. The number of aromatic nitrogens is 2. The smallest absolute Gasteiger partial charge is 0.218 e. The van der Waals surface area contributed by atoms with Crippen molar-refractivity contribution < 1.29 is 9.47 Å². The van der Waals surface area contributed by atoms with Gasteiger partial charge in [0.25, 0.3) is 0 Å². The minimum Gasteiger partial charge on any atom is -0.478 e. The molecule has 0 bridgehead atoms. The van der Waals surface area contributed by atoms with E-state index in [0.717, 1.165) is 25.3 Å². The van der Waals surface area contributed by atoms with Gasteiger partial charge < -0.3 is 20.5 Å². The van der Waals surface area contributed by atoms with Gasteiger partial charge >= 0.3 is 0 Å². The normalized spacial score (nSPS) is 32.1. The van der Waals surface area contributed by atoms with Crippen LogP contribution >= 0.6 is 0 Å². The van der Waals surface area contributed by atoms with Gasteiger partial charge in [-0.15, -0.1) is 0 Å². The molecule has 3 rings (SSSR count). The van der Waals surface area contributed by atoms with Crippen LogP contribution in [-0.2, 0) is 4.74 Å². The molecule has 2 heterocycles. The predicted octanol–water partition coefficient (Wildman–Crippen LogP) is 1.10. The maximum absolute atomic E-state index is 6.24. The third kappa shape index (κ3) is 2.45. The molecule has 6 nitrogen and oxygen atoms in total. The number of nitrogens with zero attached hydrogens (tertiary/aromatic N) is 2. The Bertz CT molecular complexity index is 482. The fourth-order valence-electron chi connectivity index (χ4n) is 3.13. The van der Waals surface area contributed by atoms with Crippen molar-refractivity contribution in [1.29, 1.82) is 0 Å². The molecule has 0 amide bonds. The van der Waals surface area contributed by atoms with E-state index in [4.69, 9.17) is 15.2 Å². The van der Waals surface area contributed by atoms with Crippen LogP contribution in [0.15, 0.2) is 6.07 Å². The lowest BCUT2D eigenvalue weighted by molar-refractivity contribution is -0.104. The number of fused-ring (bicyclic) bond motifs is 1. The Morgan fingerprint density at radius 2 is 2.35 bits per heavy atom. The zero-order valence-corrected chi connectivity index (χ0v) is 12.0. The van der Waals surface area contributed by atoms with Gasteiger partial charge in [-0.3, -0.25) is 0 Å². The molecule has 6 heteroatoms. The van der Waals surface area contributed by atoms with Crippen molar-refractivity contribution in [2.24, 2.45) is 11.7 Å². The van der Waals surface area contributed by atoms with Crippen LogP contribution in [0.4, 0.5) is 5.82 Å². The lowest BCUT2D eigenvalue weighted by Gasteiger charge is -2.52. The summed E-state index contributed by atoms with van der Waals surface area (Å²) in [6.45, 7) is 5.22. The second-order valence-electron chi connectivity index (χ2n) is 5.46. The molecular weight excluding hydrogens is 256 g/mol. The maximum Gasteiger partial charge on any atom is 0.218 e. The molecular formula is C14H22N4O2. The Labute approximate surface area is 119 Å². The highest BCUT2D eigenvalue weighted by molar-refractivity contribution is 5.41. The Hall–Kier alpha value is -1.40. The van der Waals surface area contributed by atoms with Gasteiger partial charge in [0.2, 0.25) is 5.88 Å². The van der Waals surface area contributed by atoms with Crippen molar-refractivity contribution in [3.05, 3.63) is 11.9 Å². The van der Waals surface area contributed by atoms with E-state index in [1.165, 1.54) is 0 Å². The molecule has 3 N–H and O–H groups in total. The van der Waals surface area contributed by atoms with Crippen LogP contribution in [0.2, 0.25) is 0 Å². The third-order valence-electron chi connectivity index (χ3n) is 4.10. The van der Waals surface area contributed by atoms with Crippen LogP contribution in [0, 0.1) is 12.8 Å². The van der Waals surface area contributed by atoms with Crippen LogP contribution < -0.4 is 15.8 Å². The molecule has 2 aliphatic rings. The van der Waals surface area contributed by atoms with Crippen LogP contribution in [0.3, 0.4) is 0 Å². The number of ether oxygens (including phenoxy) is 2. The second-order valence-corrected chi connectivity index (χ2v) is 5.46. The third-order valence-corrected chi connectivity index (χ3v) is 4.10. The zero-order chi connectivity index (χ0) is 14.1. The topological polar surface area (TPSA) is 82.3 Å². The lowest BCUT2D eigenvalue weighted by atomic mass is 9.68. The van der Waals surface area contributed by atoms with E-state index in [1.54, 1.807) is 0 Å². The highest BCUT2D eigenvalue weighted by Crippen LogP contribution is 2.38. The quantitative estimate of drug-likeness (QED) is 0.858. The number of nitrogens with one attached hydrogen (secondary N) is 1. The molecule has 1 saturated carbocycles. The minimum absolute atomic E-state index is 0.129. The van der Waals surface area contributed by atoms with Crippen molar-refractivity contribution in [2.45, 2.75) is 44.9 Å². The predicted molar refractivity (Wildman–Crippen MR) is 75.8 cm³/mol. The zero-order valence-electron chi connectivity index (χ0n) is 12.0. The second kappa shape index (κ2) is 5.54. The van der Waals surface area contributed by atoms with Gasteiger partial charge in [0.15, 0.2) is 0 Å². The molecule has 4 atom stereocenters. The number of rotatable bonds is 4. The fraction of sp³-hybridized carbons (Fsp3) is 0.714. The van der Waals surface area contributed by atoms with E-state index in [2.05, 4.69) is 15.3 Å². The average Bonchev–Trinajstić information content (AvgIpc) is 2.44. The van der Waals surface area contributed by atoms with Crippen LogP contribution in [-0.4, -0.2) is 41.4 Å². The van der Waals surface area contributed by atoms with Gasteiger partial charge in [0.1, 0.15) is 11.6 Å². The largest absolute Gasteiger partial charge is 0.478 e. The number of anilines is 1. The van der Waals surface area contributed by atoms with Gasteiger partial charge in [-0.05, 0) is 26.7 Å². The lowest BCUT2D eigenvalue weighted by Crippen LogP contribution is -2.69. The van der Waals surface area contributed by atoms with Crippen molar-refractivity contribution in [2.75, 3.05) is 18.5 Å². The van der Waals surface area contributed by atoms with Crippen molar-refractivity contribution in [3.8, 4) is 5.88 Å². The summed E-state index contributed by atoms with van der Waals surface area (Å²) >= 11 is 0. The molecule has 2 fully saturated rings. The standard InChI is InChI=1S/C14H22N4O2/c1-3-19-11-7-10(16-8(2)17-11)18-13-12(15)9-5-4-6-20-14(9)13/h7,9,12-14H,3-6,15H2,1-2H3,(H,16,17,18). The molecule has 1 aromatic rings. The average molecular weight is 278 g/mol. The van der Waals surface area contributed by atoms with Gasteiger partial charge in [0, 0.05) is 24.6 Å². The first-order valence-electron chi connectivity index (χ1n) is 7.31. The molecule has 4 unspecified atom stereocenters. The molecule has 1 aromatic heterocycles. The van der Waals surface area contributed by atoms with Gasteiger partial charge in [-0.25, -0.2) is 4.98 Å². The van der Waals surface area contributed by atoms with Crippen LogP contribution in [0.1, 0.15) is 25.6 Å². The number of aryl methyl sites for hydroxylation is 1. The summed E-state index contributed by atoms with van der Waals surface area (Å²) in [7, 11) is 0. The first-order valence-corrected chi connectivity index (χ1v) is 7.31.